The molecule has 0 fully saturated rings. The third-order valence-corrected chi connectivity index (χ3v) is 3.63. The van der Waals surface area contributed by atoms with Crippen LogP contribution in [0.4, 0.5) is 0 Å². The Morgan fingerprint density at radius 3 is 2.71 bits per heavy atom. The van der Waals surface area contributed by atoms with E-state index in [-0.39, 0.29) is 11.5 Å². The minimum atomic E-state index is -1.29. The lowest BCUT2D eigenvalue weighted by atomic mass is 9.89. The first-order chi connectivity index (χ1) is 10.1. The van der Waals surface area contributed by atoms with Crippen molar-refractivity contribution in [2.24, 2.45) is 0 Å². The second kappa shape index (κ2) is 5.01. The van der Waals surface area contributed by atoms with Crippen LogP contribution in [0.25, 0.3) is 11.3 Å². The molecule has 21 heavy (non-hydrogen) atoms. The predicted molar refractivity (Wildman–Crippen MR) is 75.6 cm³/mol. The standard InChI is InChI=1S/C16H13NO4/c18-13-3-1-2-9-4-5-10(8-11(9)13)12-6-7-14(19)15(17-12)16(20)21/h4-8,19H,1-3H2,(H,20,21). The van der Waals surface area contributed by atoms with E-state index in [1.165, 1.54) is 12.1 Å². The highest BCUT2D eigenvalue weighted by atomic mass is 16.4. The number of benzene rings is 1. The maximum Gasteiger partial charge on any atom is 0.358 e. The van der Waals surface area contributed by atoms with Gasteiger partial charge >= 0.3 is 5.97 Å². The fourth-order valence-electron chi connectivity index (χ4n) is 2.56. The van der Waals surface area contributed by atoms with Crippen LogP contribution in [-0.2, 0) is 6.42 Å². The SMILES string of the molecule is O=C1CCCc2ccc(-c3ccc(O)c(C(=O)O)n3)cc21. The van der Waals surface area contributed by atoms with Crippen LogP contribution in [0, 0.1) is 0 Å². The van der Waals surface area contributed by atoms with Crippen LogP contribution >= 0.6 is 0 Å². The van der Waals surface area contributed by atoms with Gasteiger partial charge in [0, 0.05) is 17.5 Å². The minimum absolute atomic E-state index is 0.107. The lowest BCUT2D eigenvalue weighted by Crippen LogP contribution is -2.10. The number of hydrogen-bond donors (Lipinski definition) is 2. The summed E-state index contributed by atoms with van der Waals surface area (Å²) in [4.78, 5) is 26.9. The molecule has 5 heteroatoms. The number of carbonyl (C=O) groups excluding carboxylic acids is 1. The maximum absolute atomic E-state index is 11.9. The number of carboxylic acid groups (broad SMARTS) is 1. The summed E-state index contributed by atoms with van der Waals surface area (Å²) in [5.41, 5.74) is 2.41. The zero-order chi connectivity index (χ0) is 15.0. The number of carboxylic acids is 1. The number of rotatable bonds is 2. The van der Waals surface area contributed by atoms with Crippen LogP contribution in [0.5, 0.6) is 5.75 Å². The molecule has 0 atom stereocenters. The molecule has 2 N–H and O–H groups in total. The molecule has 0 aliphatic heterocycles. The van der Waals surface area contributed by atoms with Crippen LogP contribution in [0.15, 0.2) is 30.3 Å². The predicted octanol–water partition coefficient (Wildman–Crippen LogP) is 2.67. The van der Waals surface area contributed by atoms with Gasteiger partial charge in [0.25, 0.3) is 0 Å². The van der Waals surface area contributed by atoms with Gasteiger partial charge in [0.1, 0.15) is 5.75 Å². The summed E-state index contributed by atoms with van der Waals surface area (Å²) >= 11 is 0. The fourth-order valence-corrected chi connectivity index (χ4v) is 2.56. The summed E-state index contributed by atoms with van der Waals surface area (Å²) in [5.74, 6) is -1.56. The van der Waals surface area contributed by atoms with Gasteiger partial charge in [-0.1, -0.05) is 12.1 Å². The number of ketones is 1. The number of aryl methyl sites for hydroxylation is 1. The van der Waals surface area contributed by atoms with Gasteiger partial charge in [-0.25, -0.2) is 9.78 Å². The maximum atomic E-state index is 11.9. The van der Waals surface area contributed by atoms with Gasteiger partial charge in [-0.2, -0.15) is 0 Å². The van der Waals surface area contributed by atoms with E-state index < -0.39 is 11.7 Å². The van der Waals surface area contributed by atoms with Gasteiger partial charge in [0.2, 0.25) is 0 Å². The van der Waals surface area contributed by atoms with Gasteiger partial charge < -0.3 is 10.2 Å². The molecule has 1 heterocycles. The van der Waals surface area contributed by atoms with Crippen molar-refractivity contribution in [3.63, 3.8) is 0 Å². The molecule has 0 radical (unpaired) electrons. The highest BCUT2D eigenvalue weighted by Gasteiger charge is 2.19. The largest absolute Gasteiger partial charge is 0.505 e. The molecule has 0 spiro atoms. The van der Waals surface area contributed by atoms with Crippen molar-refractivity contribution in [3.8, 4) is 17.0 Å². The van der Waals surface area contributed by atoms with E-state index in [2.05, 4.69) is 4.98 Å². The lowest BCUT2D eigenvalue weighted by Gasteiger charge is -2.15. The molecule has 1 aromatic carbocycles. The Balaban J connectivity index is 2.09. The molecule has 1 aromatic heterocycles. The highest BCUT2D eigenvalue weighted by Crippen LogP contribution is 2.28. The number of nitrogens with zero attached hydrogens (tertiary/aromatic N) is 1. The quantitative estimate of drug-likeness (QED) is 0.884. The Morgan fingerprint density at radius 1 is 1.14 bits per heavy atom. The summed E-state index contributed by atoms with van der Waals surface area (Å²) < 4.78 is 0. The van der Waals surface area contributed by atoms with Crippen molar-refractivity contribution >= 4 is 11.8 Å². The first-order valence-electron chi connectivity index (χ1n) is 6.66. The van der Waals surface area contributed by atoms with Crippen LogP contribution in [0.2, 0.25) is 0 Å². The topological polar surface area (TPSA) is 87.5 Å². The summed E-state index contributed by atoms with van der Waals surface area (Å²) in [7, 11) is 0. The number of aromatic hydroxyl groups is 1. The van der Waals surface area contributed by atoms with Crippen molar-refractivity contribution < 1.29 is 19.8 Å². The van der Waals surface area contributed by atoms with Crippen LogP contribution < -0.4 is 0 Å². The third-order valence-electron chi connectivity index (χ3n) is 3.63. The number of aromatic carboxylic acids is 1. The summed E-state index contributed by atoms with van der Waals surface area (Å²) in [6.07, 6.45) is 2.29. The van der Waals surface area contributed by atoms with Crippen LogP contribution in [-0.4, -0.2) is 26.9 Å². The molecule has 0 saturated carbocycles. The summed E-state index contributed by atoms with van der Waals surface area (Å²) in [5, 5.41) is 18.5. The van der Waals surface area contributed by atoms with Crippen LogP contribution in [0.1, 0.15) is 39.3 Å². The van der Waals surface area contributed by atoms with E-state index in [1.807, 2.05) is 12.1 Å². The Bertz CT molecular complexity index is 752. The highest BCUT2D eigenvalue weighted by molar-refractivity contribution is 5.99. The smallest absolute Gasteiger partial charge is 0.358 e. The Labute approximate surface area is 120 Å². The second-order valence-electron chi connectivity index (χ2n) is 5.02. The van der Waals surface area contributed by atoms with Crippen LogP contribution in [0.3, 0.4) is 0 Å². The molecule has 0 amide bonds. The van der Waals surface area contributed by atoms with E-state index in [0.29, 0.717) is 23.2 Å². The molecular weight excluding hydrogens is 270 g/mol. The molecular formula is C16H13NO4. The zero-order valence-corrected chi connectivity index (χ0v) is 11.2. The second-order valence-corrected chi connectivity index (χ2v) is 5.02. The van der Waals surface area contributed by atoms with Gasteiger partial charge in [-0.3, -0.25) is 4.79 Å². The van der Waals surface area contributed by atoms with Crippen molar-refractivity contribution in [3.05, 3.63) is 47.2 Å². The molecule has 0 saturated heterocycles. The number of aromatic nitrogens is 1. The Hall–Kier alpha value is -2.69. The molecule has 0 bridgehead atoms. The van der Waals surface area contributed by atoms with Crippen molar-refractivity contribution in [2.75, 3.05) is 0 Å². The number of Topliss-reactive ketones (excluding diaryl/α,β-unsaturated/α-hetero) is 1. The van der Waals surface area contributed by atoms with E-state index in [0.717, 1.165) is 18.4 Å². The minimum Gasteiger partial charge on any atom is -0.505 e. The Kier molecular flexibility index (Phi) is 3.17. The summed E-state index contributed by atoms with van der Waals surface area (Å²) in [6, 6.07) is 8.30. The van der Waals surface area contributed by atoms with E-state index in [4.69, 9.17) is 5.11 Å². The first kappa shape index (κ1) is 13.3. The molecule has 0 unspecified atom stereocenters. The average Bonchev–Trinajstić information content (AvgIpc) is 2.47. The van der Waals surface area contributed by atoms with E-state index in [1.54, 1.807) is 6.07 Å². The van der Waals surface area contributed by atoms with Gasteiger partial charge in [-0.15, -0.1) is 0 Å². The molecule has 1 aliphatic carbocycles. The van der Waals surface area contributed by atoms with E-state index in [9.17, 15) is 14.7 Å². The molecule has 1 aliphatic rings. The normalized spacial score (nSPS) is 13.8. The number of carbonyl (C=O) groups is 2. The zero-order valence-electron chi connectivity index (χ0n) is 11.2. The van der Waals surface area contributed by atoms with Gasteiger partial charge in [-0.05, 0) is 36.6 Å². The number of hydrogen-bond acceptors (Lipinski definition) is 4. The lowest BCUT2D eigenvalue weighted by molar-refractivity contribution is 0.0687. The third kappa shape index (κ3) is 2.38. The molecule has 3 rings (SSSR count). The number of fused-ring (bicyclic) bond motifs is 1. The average molecular weight is 283 g/mol. The van der Waals surface area contributed by atoms with Crippen molar-refractivity contribution in [2.45, 2.75) is 19.3 Å². The van der Waals surface area contributed by atoms with Crippen molar-refractivity contribution in [1.82, 2.24) is 4.98 Å². The van der Waals surface area contributed by atoms with E-state index >= 15 is 0 Å². The summed E-state index contributed by atoms with van der Waals surface area (Å²) in [6.45, 7) is 0. The Morgan fingerprint density at radius 2 is 1.95 bits per heavy atom. The monoisotopic (exact) mass is 283 g/mol. The number of pyridine rings is 1. The molecule has 5 nitrogen and oxygen atoms in total. The molecule has 106 valence electrons. The first-order valence-corrected chi connectivity index (χ1v) is 6.66. The fraction of sp³-hybridized carbons (Fsp3) is 0.188. The van der Waals surface area contributed by atoms with Gasteiger partial charge in [0.05, 0.1) is 5.69 Å². The molecule has 2 aromatic rings. The van der Waals surface area contributed by atoms with Gasteiger partial charge in [0.15, 0.2) is 11.5 Å². The van der Waals surface area contributed by atoms with Crippen molar-refractivity contribution in [1.29, 1.82) is 0 Å².